The molecule has 0 unspecified atom stereocenters. The molecule has 1 amide bonds. The highest BCUT2D eigenvalue weighted by Crippen LogP contribution is 2.32. The van der Waals surface area contributed by atoms with Crippen molar-refractivity contribution in [2.24, 2.45) is 0 Å². The quantitative estimate of drug-likeness (QED) is 0.522. The monoisotopic (exact) mass is 380 g/mol. The number of fused-ring (bicyclic) bond motifs is 1. The number of carbonyl (C=O) groups is 1. The highest BCUT2D eigenvalue weighted by atomic mass is 32.2. The number of ether oxygens (including phenoxy) is 3. The van der Waals surface area contributed by atoms with Gasteiger partial charge in [0.2, 0.25) is 5.91 Å². The number of nitrogens with zero attached hydrogens (tertiary/aromatic N) is 2. The summed E-state index contributed by atoms with van der Waals surface area (Å²) in [5.74, 6) is 1.20. The second kappa shape index (κ2) is 8.77. The summed E-state index contributed by atoms with van der Waals surface area (Å²) in [6.07, 6.45) is 0.687. The summed E-state index contributed by atoms with van der Waals surface area (Å²) >= 11 is 1.19. The van der Waals surface area contributed by atoms with Gasteiger partial charge in [0.05, 0.1) is 5.75 Å². The Bertz CT molecular complexity index is 819. The molecule has 0 bridgehead atoms. The van der Waals surface area contributed by atoms with Crippen LogP contribution in [0.1, 0.15) is 6.42 Å². The molecular formula is C16H20N4O5S. The second-order valence-electron chi connectivity index (χ2n) is 5.50. The molecule has 9 nitrogen and oxygen atoms in total. The maximum absolute atomic E-state index is 12.2. The molecule has 26 heavy (non-hydrogen) atoms. The Hall–Kier alpha value is -2.46. The van der Waals surface area contributed by atoms with E-state index < -0.39 is 0 Å². The molecule has 3 rings (SSSR count). The van der Waals surface area contributed by atoms with E-state index in [-0.39, 0.29) is 17.3 Å². The van der Waals surface area contributed by atoms with Crippen LogP contribution in [0.5, 0.6) is 11.5 Å². The van der Waals surface area contributed by atoms with Crippen LogP contribution < -0.4 is 20.5 Å². The normalized spacial score (nSPS) is 12.8. The van der Waals surface area contributed by atoms with E-state index in [1.54, 1.807) is 25.3 Å². The number of H-pyrrole nitrogens is 1. The molecule has 10 heteroatoms. The molecular weight excluding hydrogens is 360 g/mol. The summed E-state index contributed by atoms with van der Waals surface area (Å²) < 4.78 is 17.4. The van der Waals surface area contributed by atoms with Crippen LogP contribution in [0.15, 0.2) is 28.2 Å². The minimum Gasteiger partial charge on any atom is -0.486 e. The first-order chi connectivity index (χ1) is 12.7. The van der Waals surface area contributed by atoms with E-state index in [0.29, 0.717) is 55.1 Å². The number of rotatable bonds is 8. The van der Waals surface area contributed by atoms with E-state index in [1.807, 2.05) is 0 Å². The third-order valence-electron chi connectivity index (χ3n) is 3.61. The number of aromatic nitrogens is 3. The average molecular weight is 380 g/mol. The summed E-state index contributed by atoms with van der Waals surface area (Å²) in [6, 6.07) is 5.25. The third kappa shape index (κ3) is 4.58. The maximum Gasteiger partial charge on any atom is 0.343 e. The van der Waals surface area contributed by atoms with Crippen LogP contribution in [0.3, 0.4) is 0 Å². The van der Waals surface area contributed by atoms with Crippen LogP contribution >= 0.6 is 11.8 Å². The predicted molar refractivity (Wildman–Crippen MR) is 96.1 cm³/mol. The number of anilines is 1. The molecule has 0 saturated carbocycles. The SMILES string of the molecule is COCCCn1c(SCC(=O)Nc2ccc3c(c2)OCCO3)n[nH]c1=O. The molecule has 0 spiro atoms. The van der Waals surface area contributed by atoms with Gasteiger partial charge in [-0.2, -0.15) is 0 Å². The van der Waals surface area contributed by atoms with Crippen LogP contribution in [0.2, 0.25) is 0 Å². The second-order valence-corrected chi connectivity index (χ2v) is 6.45. The molecule has 1 aliphatic rings. The molecule has 1 aliphatic heterocycles. The number of hydrogen-bond donors (Lipinski definition) is 2. The predicted octanol–water partition coefficient (Wildman–Crippen LogP) is 1.11. The van der Waals surface area contributed by atoms with Crippen LogP contribution in [0.25, 0.3) is 0 Å². The Kier molecular flexibility index (Phi) is 6.18. The smallest absolute Gasteiger partial charge is 0.343 e. The highest BCUT2D eigenvalue weighted by molar-refractivity contribution is 7.99. The first-order valence-corrected chi connectivity index (χ1v) is 9.12. The zero-order valence-electron chi connectivity index (χ0n) is 14.3. The number of carbonyl (C=O) groups excluding carboxylic acids is 1. The Labute approximate surface area is 154 Å². The van der Waals surface area contributed by atoms with Gasteiger partial charge in [-0.15, -0.1) is 5.10 Å². The summed E-state index contributed by atoms with van der Waals surface area (Å²) in [5, 5.41) is 9.64. The van der Waals surface area contributed by atoms with Crippen molar-refractivity contribution in [3.8, 4) is 11.5 Å². The fourth-order valence-electron chi connectivity index (χ4n) is 2.43. The van der Waals surface area contributed by atoms with Crippen LogP contribution in [0, 0.1) is 0 Å². The lowest BCUT2D eigenvalue weighted by atomic mass is 10.2. The van der Waals surface area contributed by atoms with Gasteiger partial charge in [0, 0.05) is 32.0 Å². The zero-order valence-corrected chi connectivity index (χ0v) is 15.1. The van der Waals surface area contributed by atoms with E-state index in [2.05, 4.69) is 15.5 Å². The van der Waals surface area contributed by atoms with Crippen molar-refractivity contribution < 1.29 is 19.0 Å². The van der Waals surface area contributed by atoms with E-state index in [1.165, 1.54) is 16.3 Å². The van der Waals surface area contributed by atoms with Crippen molar-refractivity contribution >= 4 is 23.4 Å². The fourth-order valence-corrected chi connectivity index (χ4v) is 3.20. The van der Waals surface area contributed by atoms with Gasteiger partial charge in [-0.25, -0.2) is 9.89 Å². The Balaban J connectivity index is 1.55. The number of methoxy groups -OCH3 is 1. The molecule has 0 radical (unpaired) electrons. The standard InChI is InChI=1S/C16H20N4O5S/c1-23-6-2-5-20-15(22)18-19-16(20)26-10-14(21)17-11-3-4-12-13(9-11)25-8-7-24-12/h3-4,9H,2,5-8,10H2,1H3,(H,17,21)(H,18,22). The fraction of sp³-hybridized carbons (Fsp3) is 0.438. The maximum atomic E-state index is 12.2. The van der Waals surface area contributed by atoms with E-state index in [0.717, 1.165) is 0 Å². The number of amides is 1. The van der Waals surface area contributed by atoms with Crippen molar-refractivity contribution in [1.82, 2.24) is 14.8 Å². The molecule has 0 aliphatic carbocycles. The summed E-state index contributed by atoms with van der Waals surface area (Å²) in [4.78, 5) is 24.0. The molecule has 0 saturated heterocycles. The van der Waals surface area contributed by atoms with Gasteiger partial charge in [-0.1, -0.05) is 11.8 Å². The average Bonchev–Trinajstić information content (AvgIpc) is 3.00. The molecule has 2 N–H and O–H groups in total. The lowest BCUT2D eigenvalue weighted by molar-refractivity contribution is -0.113. The highest BCUT2D eigenvalue weighted by Gasteiger charge is 2.14. The van der Waals surface area contributed by atoms with Crippen molar-refractivity contribution in [2.75, 3.05) is 38.0 Å². The molecule has 2 heterocycles. The molecule has 2 aromatic rings. The number of hydrogen-bond acceptors (Lipinski definition) is 7. The summed E-state index contributed by atoms with van der Waals surface area (Å²) in [6.45, 7) is 2.03. The molecule has 0 fully saturated rings. The van der Waals surface area contributed by atoms with Gasteiger partial charge in [0.25, 0.3) is 0 Å². The lowest BCUT2D eigenvalue weighted by Crippen LogP contribution is -2.20. The van der Waals surface area contributed by atoms with Gasteiger partial charge in [0.15, 0.2) is 16.7 Å². The van der Waals surface area contributed by atoms with Crippen LogP contribution in [-0.4, -0.2) is 53.4 Å². The molecule has 140 valence electrons. The van der Waals surface area contributed by atoms with E-state index in [9.17, 15) is 9.59 Å². The molecule has 0 atom stereocenters. The van der Waals surface area contributed by atoms with Crippen LogP contribution in [-0.2, 0) is 16.1 Å². The van der Waals surface area contributed by atoms with Gasteiger partial charge in [0.1, 0.15) is 13.2 Å². The number of aromatic amines is 1. The minimum atomic E-state index is -0.296. The number of benzene rings is 1. The molecule has 1 aromatic carbocycles. The first-order valence-electron chi connectivity index (χ1n) is 8.14. The van der Waals surface area contributed by atoms with E-state index in [4.69, 9.17) is 14.2 Å². The van der Waals surface area contributed by atoms with Gasteiger partial charge < -0.3 is 19.5 Å². The van der Waals surface area contributed by atoms with Crippen LogP contribution in [0.4, 0.5) is 5.69 Å². The topological polar surface area (TPSA) is 107 Å². The summed E-state index contributed by atoms with van der Waals surface area (Å²) in [7, 11) is 1.61. The first kappa shape index (κ1) is 18.3. The van der Waals surface area contributed by atoms with Gasteiger partial charge in [-0.05, 0) is 18.6 Å². The third-order valence-corrected chi connectivity index (χ3v) is 4.59. The largest absolute Gasteiger partial charge is 0.486 e. The lowest BCUT2D eigenvalue weighted by Gasteiger charge is -2.18. The summed E-state index contributed by atoms with van der Waals surface area (Å²) in [5.41, 5.74) is 0.329. The van der Waals surface area contributed by atoms with Crippen molar-refractivity contribution in [3.63, 3.8) is 0 Å². The van der Waals surface area contributed by atoms with Gasteiger partial charge >= 0.3 is 5.69 Å². The zero-order chi connectivity index (χ0) is 18.4. The van der Waals surface area contributed by atoms with E-state index >= 15 is 0 Å². The van der Waals surface area contributed by atoms with Crippen molar-refractivity contribution in [2.45, 2.75) is 18.1 Å². The Morgan fingerprint density at radius 2 is 2.19 bits per heavy atom. The number of nitrogens with one attached hydrogen (secondary N) is 2. The van der Waals surface area contributed by atoms with Crippen molar-refractivity contribution in [3.05, 3.63) is 28.7 Å². The Morgan fingerprint density at radius 1 is 1.38 bits per heavy atom. The Morgan fingerprint density at radius 3 is 3.00 bits per heavy atom. The minimum absolute atomic E-state index is 0.128. The van der Waals surface area contributed by atoms with Gasteiger partial charge in [-0.3, -0.25) is 9.36 Å². The van der Waals surface area contributed by atoms with Crippen molar-refractivity contribution in [1.29, 1.82) is 0 Å². The molecule has 1 aromatic heterocycles. The number of thioether (sulfide) groups is 1.